The summed E-state index contributed by atoms with van der Waals surface area (Å²) in [5, 5.41) is 20.4. The molecular weight excluding hydrogens is 333 g/mol. The number of halogens is 2. The molecule has 6 heteroatoms. The number of benzene rings is 2. The van der Waals surface area contributed by atoms with Gasteiger partial charge in [-0.3, -0.25) is 4.79 Å². The zero-order valence-electron chi connectivity index (χ0n) is 13.1. The van der Waals surface area contributed by atoms with Crippen molar-refractivity contribution in [2.75, 3.05) is 13.1 Å². The molecule has 24 heavy (non-hydrogen) atoms. The van der Waals surface area contributed by atoms with E-state index in [1.807, 2.05) is 13.0 Å². The lowest BCUT2D eigenvalue weighted by Crippen LogP contribution is -2.28. The van der Waals surface area contributed by atoms with E-state index in [1.54, 1.807) is 4.90 Å². The summed E-state index contributed by atoms with van der Waals surface area (Å²) >= 11 is 6.00. The number of para-hydroxylation sites is 1. The van der Waals surface area contributed by atoms with Crippen molar-refractivity contribution < 1.29 is 19.4 Å². The van der Waals surface area contributed by atoms with Gasteiger partial charge in [0.05, 0.1) is 5.56 Å². The first-order chi connectivity index (χ1) is 11.4. The number of rotatable bonds is 2. The number of hydrogen-bond donors (Lipinski definition) is 2. The van der Waals surface area contributed by atoms with Gasteiger partial charge >= 0.3 is 0 Å². The van der Waals surface area contributed by atoms with Crippen LogP contribution >= 0.6 is 11.6 Å². The van der Waals surface area contributed by atoms with E-state index in [2.05, 4.69) is 0 Å². The monoisotopic (exact) mass is 349 g/mol. The molecule has 0 spiro atoms. The van der Waals surface area contributed by atoms with Gasteiger partial charge in [-0.2, -0.15) is 0 Å². The molecule has 0 saturated carbocycles. The maximum Gasteiger partial charge on any atom is 0.257 e. The summed E-state index contributed by atoms with van der Waals surface area (Å²) in [6.45, 7) is 2.72. The third kappa shape index (κ3) is 2.91. The van der Waals surface area contributed by atoms with E-state index in [0.29, 0.717) is 24.5 Å². The van der Waals surface area contributed by atoms with E-state index >= 15 is 0 Å². The predicted octanol–water partition coefficient (Wildman–Crippen LogP) is 3.83. The van der Waals surface area contributed by atoms with Gasteiger partial charge in [0.1, 0.15) is 5.75 Å². The van der Waals surface area contributed by atoms with Crippen LogP contribution in [-0.2, 0) is 0 Å². The first-order valence-electron chi connectivity index (χ1n) is 7.64. The largest absolute Gasteiger partial charge is 0.508 e. The van der Waals surface area contributed by atoms with Crippen LogP contribution in [0.5, 0.6) is 11.5 Å². The van der Waals surface area contributed by atoms with Crippen LogP contribution in [0, 0.1) is 12.7 Å². The fraction of sp³-hybridized carbons (Fsp3) is 0.278. The molecule has 1 saturated heterocycles. The number of hydrogen-bond acceptors (Lipinski definition) is 3. The summed E-state index contributed by atoms with van der Waals surface area (Å²) in [7, 11) is 0. The summed E-state index contributed by atoms with van der Waals surface area (Å²) in [5.41, 5.74) is 1.56. The van der Waals surface area contributed by atoms with Crippen molar-refractivity contribution in [2.24, 2.45) is 0 Å². The van der Waals surface area contributed by atoms with E-state index in [9.17, 15) is 19.4 Å². The predicted molar refractivity (Wildman–Crippen MR) is 89.2 cm³/mol. The molecule has 4 nitrogen and oxygen atoms in total. The lowest BCUT2D eigenvalue weighted by atomic mass is 9.96. The molecule has 1 amide bonds. The number of likely N-dealkylation sites (tertiary alicyclic amines) is 1. The van der Waals surface area contributed by atoms with Gasteiger partial charge in [-0.1, -0.05) is 23.7 Å². The molecule has 0 aromatic heterocycles. The molecular formula is C18H17ClFNO3. The van der Waals surface area contributed by atoms with Gasteiger partial charge in [-0.25, -0.2) is 4.39 Å². The van der Waals surface area contributed by atoms with Gasteiger partial charge < -0.3 is 15.1 Å². The number of phenols is 2. The van der Waals surface area contributed by atoms with E-state index in [1.165, 1.54) is 18.2 Å². The molecule has 2 N–H and O–H groups in total. The summed E-state index contributed by atoms with van der Waals surface area (Å²) in [4.78, 5) is 14.1. The normalized spacial score (nSPS) is 17.3. The third-order valence-electron chi connectivity index (χ3n) is 4.44. The van der Waals surface area contributed by atoms with Gasteiger partial charge in [-0.05, 0) is 42.7 Å². The highest BCUT2D eigenvalue weighted by Crippen LogP contribution is 2.37. The van der Waals surface area contributed by atoms with Crippen LogP contribution in [0.2, 0.25) is 5.02 Å². The molecule has 1 fully saturated rings. The molecule has 2 aromatic rings. The Morgan fingerprint density at radius 2 is 2.08 bits per heavy atom. The number of phenolic OH excluding ortho intramolecular Hbond substituents is 2. The lowest BCUT2D eigenvalue weighted by molar-refractivity contribution is 0.0786. The molecule has 1 aliphatic heterocycles. The quantitative estimate of drug-likeness (QED) is 0.866. The fourth-order valence-electron chi connectivity index (χ4n) is 3.08. The number of aromatic hydroxyl groups is 2. The number of aryl methyl sites for hydroxylation is 1. The van der Waals surface area contributed by atoms with Crippen molar-refractivity contribution in [3.05, 3.63) is 57.9 Å². The minimum absolute atomic E-state index is 0.0272. The Hall–Kier alpha value is -2.27. The maximum absolute atomic E-state index is 13.4. The number of carbonyl (C=O) groups excluding carboxylic acids is 1. The molecule has 1 atom stereocenters. The summed E-state index contributed by atoms with van der Waals surface area (Å²) in [6, 6.07) is 7.24. The Labute approximate surface area is 144 Å². The number of carbonyl (C=O) groups is 1. The Bertz CT molecular complexity index is 809. The second kappa shape index (κ2) is 6.32. The first kappa shape index (κ1) is 16.6. The first-order valence-corrected chi connectivity index (χ1v) is 8.02. The number of amides is 1. The minimum atomic E-state index is -0.817. The average Bonchev–Trinajstić information content (AvgIpc) is 3.02. The molecule has 2 aromatic carbocycles. The Balaban J connectivity index is 1.82. The highest BCUT2D eigenvalue weighted by atomic mass is 35.5. The molecule has 1 unspecified atom stereocenters. The van der Waals surface area contributed by atoms with Crippen LogP contribution in [0.15, 0.2) is 30.3 Å². The third-order valence-corrected chi connectivity index (χ3v) is 4.85. The number of nitrogens with zero attached hydrogens (tertiary/aromatic N) is 1. The van der Waals surface area contributed by atoms with Gasteiger partial charge in [0.15, 0.2) is 11.6 Å². The van der Waals surface area contributed by atoms with Gasteiger partial charge in [-0.15, -0.1) is 0 Å². The van der Waals surface area contributed by atoms with Crippen molar-refractivity contribution >= 4 is 17.5 Å². The van der Waals surface area contributed by atoms with Crippen molar-refractivity contribution in [1.82, 2.24) is 4.90 Å². The van der Waals surface area contributed by atoms with Crippen molar-refractivity contribution in [3.8, 4) is 11.5 Å². The summed E-state index contributed by atoms with van der Waals surface area (Å²) < 4.78 is 13.4. The van der Waals surface area contributed by atoms with Crippen LogP contribution in [-0.4, -0.2) is 34.1 Å². The summed E-state index contributed by atoms with van der Waals surface area (Å²) in [6.07, 6.45) is 0.677. The molecule has 126 valence electrons. The van der Waals surface area contributed by atoms with Gasteiger partial charge in [0.2, 0.25) is 0 Å². The zero-order valence-corrected chi connectivity index (χ0v) is 13.8. The molecule has 0 radical (unpaired) electrons. The van der Waals surface area contributed by atoms with Crippen molar-refractivity contribution in [1.29, 1.82) is 0 Å². The fourth-order valence-corrected chi connectivity index (χ4v) is 3.24. The second-order valence-electron chi connectivity index (χ2n) is 6.03. The van der Waals surface area contributed by atoms with Crippen molar-refractivity contribution in [2.45, 2.75) is 19.3 Å². The average molecular weight is 350 g/mol. The van der Waals surface area contributed by atoms with Crippen LogP contribution < -0.4 is 0 Å². The molecule has 1 heterocycles. The van der Waals surface area contributed by atoms with Gasteiger partial charge in [0, 0.05) is 24.0 Å². The summed E-state index contributed by atoms with van der Waals surface area (Å²) in [5.74, 6) is -1.78. The SMILES string of the molecule is Cc1cc(C2CCN(C(=O)c3cccc(F)c3O)C2)c(O)cc1Cl. The Kier molecular flexibility index (Phi) is 4.37. The second-order valence-corrected chi connectivity index (χ2v) is 6.44. The Morgan fingerprint density at radius 1 is 1.33 bits per heavy atom. The molecule has 1 aliphatic rings. The molecule has 0 aliphatic carbocycles. The maximum atomic E-state index is 13.4. The zero-order chi connectivity index (χ0) is 17.4. The van der Waals surface area contributed by atoms with E-state index in [0.717, 1.165) is 17.2 Å². The lowest BCUT2D eigenvalue weighted by Gasteiger charge is -2.18. The van der Waals surface area contributed by atoms with E-state index in [4.69, 9.17) is 11.6 Å². The molecule has 0 bridgehead atoms. The Morgan fingerprint density at radius 3 is 2.83 bits per heavy atom. The van der Waals surface area contributed by atoms with Crippen LogP contribution in [0.1, 0.15) is 33.8 Å². The van der Waals surface area contributed by atoms with Crippen LogP contribution in [0.25, 0.3) is 0 Å². The highest BCUT2D eigenvalue weighted by molar-refractivity contribution is 6.31. The van der Waals surface area contributed by atoms with E-state index < -0.39 is 17.5 Å². The minimum Gasteiger partial charge on any atom is -0.508 e. The van der Waals surface area contributed by atoms with Crippen molar-refractivity contribution in [3.63, 3.8) is 0 Å². The van der Waals surface area contributed by atoms with Gasteiger partial charge in [0.25, 0.3) is 5.91 Å². The molecule has 3 rings (SSSR count). The highest BCUT2D eigenvalue weighted by Gasteiger charge is 2.31. The smallest absolute Gasteiger partial charge is 0.257 e. The standard InChI is InChI=1S/C18H17ClFNO3/c1-10-7-13(16(22)8-14(10)19)11-5-6-21(9-11)18(24)12-3-2-4-15(20)17(12)23/h2-4,7-8,11,22-23H,5-6,9H2,1H3. The topological polar surface area (TPSA) is 60.8 Å². The van der Waals surface area contributed by atoms with Crippen LogP contribution in [0.3, 0.4) is 0 Å². The van der Waals surface area contributed by atoms with Crippen LogP contribution in [0.4, 0.5) is 4.39 Å². The van der Waals surface area contributed by atoms with E-state index in [-0.39, 0.29) is 17.2 Å².